The van der Waals surface area contributed by atoms with Crippen molar-refractivity contribution in [3.63, 3.8) is 0 Å². The summed E-state index contributed by atoms with van der Waals surface area (Å²) in [6.45, 7) is 6.00. The molecule has 0 saturated carbocycles. The van der Waals surface area contributed by atoms with E-state index in [1.165, 1.54) is 11.1 Å². The maximum atomic E-state index is 10.3. The van der Waals surface area contributed by atoms with Crippen LogP contribution in [0.25, 0.3) is 0 Å². The van der Waals surface area contributed by atoms with Crippen molar-refractivity contribution in [2.75, 3.05) is 13.2 Å². The number of hydrogen-bond acceptors (Lipinski definition) is 3. The van der Waals surface area contributed by atoms with Gasteiger partial charge < -0.3 is 14.6 Å². The SMILES string of the molecule is CC1=C(COCc2ccccc2)[C@](C)(CO)[C@@H](OCc2ccccc2)CC1. The molecule has 0 aromatic heterocycles. The molecule has 27 heavy (non-hydrogen) atoms. The zero-order valence-corrected chi connectivity index (χ0v) is 16.4. The Morgan fingerprint density at radius 3 is 2.11 bits per heavy atom. The first-order valence-electron chi connectivity index (χ1n) is 9.70. The van der Waals surface area contributed by atoms with Crippen LogP contribution in [0.3, 0.4) is 0 Å². The van der Waals surface area contributed by atoms with E-state index in [-0.39, 0.29) is 12.7 Å². The smallest absolute Gasteiger partial charge is 0.0721 e. The summed E-state index contributed by atoms with van der Waals surface area (Å²) >= 11 is 0. The molecule has 2 aromatic carbocycles. The molecular formula is C24H30O3. The number of aliphatic hydroxyl groups excluding tert-OH is 1. The first-order chi connectivity index (χ1) is 13.1. The molecule has 0 fully saturated rings. The Labute approximate surface area is 162 Å². The molecule has 3 heteroatoms. The van der Waals surface area contributed by atoms with Gasteiger partial charge in [-0.3, -0.25) is 0 Å². The molecule has 0 aliphatic heterocycles. The third-order valence-corrected chi connectivity index (χ3v) is 5.68. The van der Waals surface area contributed by atoms with Gasteiger partial charge >= 0.3 is 0 Å². The molecular weight excluding hydrogens is 336 g/mol. The fraction of sp³-hybridized carbons (Fsp3) is 0.417. The summed E-state index contributed by atoms with van der Waals surface area (Å²) in [5.74, 6) is 0. The molecule has 0 spiro atoms. The number of rotatable bonds is 8. The normalized spacial score (nSPS) is 22.9. The van der Waals surface area contributed by atoms with Gasteiger partial charge in [-0.25, -0.2) is 0 Å². The highest BCUT2D eigenvalue weighted by atomic mass is 16.5. The van der Waals surface area contributed by atoms with Crippen LogP contribution in [0.4, 0.5) is 0 Å². The molecule has 1 N–H and O–H groups in total. The highest BCUT2D eigenvalue weighted by Gasteiger charge is 2.41. The van der Waals surface area contributed by atoms with Gasteiger partial charge in [-0.05, 0) is 36.5 Å². The van der Waals surface area contributed by atoms with E-state index >= 15 is 0 Å². The molecule has 0 unspecified atom stereocenters. The topological polar surface area (TPSA) is 38.7 Å². The van der Waals surface area contributed by atoms with Gasteiger partial charge in [-0.15, -0.1) is 0 Å². The first kappa shape index (κ1) is 19.8. The average molecular weight is 367 g/mol. The average Bonchev–Trinajstić information content (AvgIpc) is 2.71. The Kier molecular flexibility index (Phi) is 6.84. The summed E-state index contributed by atoms with van der Waals surface area (Å²) in [5, 5.41) is 10.3. The molecule has 2 aromatic rings. The van der Waals surface area contributed by atoms with E-state index < -0.39 is 5.41 Å². The molecule has 0 saturated heterocycles. The molecule has 3 rings (SSSR count). The highest BCUT2D eigenvalue weighted by molar-refractivity contribution is 5.27. The molecule has 1 aliphatic carbocycles. The van der Waals surface area contributed by atoms with Crippen LogP contribution in [0.5, 0.6) is 0 Å². The van der Waals surface area contributed by atoms with E-state index in [4.69, 9.17) is 9.47 Å². The lowest BCUT2D eigenvalue weighted by atomic mass is 9.70. The Bertz CT molecular complexity index is 739. The molecule has 1 aliphatic rings. The predicted octanol–water partition coefficient (Wildman–Crippen LogP) is 4.90. The van der Waals surface area contributed by atoms with Crippen molar-refractivity contribution in [1.29, 1.82) is 0 Å². The van der Waals surface area contributed by atoms with Crippen LogP contribution in [0, 0.1) is 5.41 Å². The number of benzene rings is 2. The van der Waals surface area contributed by atoms with Gasteiger partial charge in [0.15, 0.2) is 0 Å². The monoisotopic (exact) mass is 366 g/mol. The second-order valence-corrected chi connectivity index (χ2v) is 7.64. The summed E-state index contributed by atoms with van der Waals surface area (Å²) < 4.78 is 12.3. The van der Waals surface area contributed by atoms with Crippen LogP contribution in [-0.2, 0) is 22.7 Å². The maximum Gasteiger partial charge on any atom is 0.0721 e. The molecule has 3 nitrogen and oxygen atoms in total. The summed E-state index contributed by atoms with van der Waals surface area (Å²) in [4.78, 5) is 0. The second kappa shape index (κ2) is 9.32. The van der Waals surface area contributed by atoms with Gasteiger partial charge in [0.25, 0.3) is 0 Å². The van der Waals surface area contributed by atoms with Crippen LogP contribution in [0.2, 0.25) is 0 Å². The van der Waals surface area contributed by atoms with E-state index in [1.54, 1.807) is 0 Å². The van der Waals surface area contributed by atoms with Crippen molar-refractivity contribution in [2.24, 2.45) is 5.41 Å². The predicted molar refractivity (Wildman–Crippen MR) is 108 cm³/mol. The van der Waals surface area contributed by atoms with E-state index in [1.807, 2.05) is 36.4 Å². The van der Waals surface area contributed by atoms with Crippen LogP contribution in [-0.4, -0.2) is 24.4 Å². The van der Waals surface area contributed by atoms with Crippen molar-refractivity contribution >= 4 is 0 Å². The Morgan fingerprint density at radius 1 is 0.926 bits per heavy atom. The largest absolute Gasteiger partial charge is 0.395 e. The van der Waals surface area contributed by atoms with E-state index in [0.29, 0.717) is 19.8 Å². The van der Waals surface area contributed by atoms with Gasteiger partial charge in [-0.2, -0.15) is 0 Å². The van der Waals surface area contributed by atoms with E-state index in [0.717, 1.165) is 24.0 Å². The van der Waals surface area contributed by atoms with Crippen LogP contribution in [0.15, 0.2) is 71.8 Å². The third kappa shape index (κ3) is 4.86. The maximum absolute atomic E-state index is 10.3. The van der Waals surface area contributed by atoms with Crippen molar-refractivity contribution in [3.8, 4) is 0 Å². The summed E-state index contributed by atoms with van der Waals surface area (Å²) in [5.41, 5.74) is 4.41. The summed E-state index contributed by atoms with van der Waals surface area (Å²) in [6.07, 6.45) is 1.90. The lowest BCUT2D eigenvalue weighted by Gasteiger charge is -2.43. The van der Waals surface area contributed by atoms with Crippen molar-refractivity contribution < 1.29 is 14.6 Å². The lowest BCUT2D eigenvalue weighted by Crippen LogP contribution is -2.43. The minimum absolute atomic E-state index is 0.0123. The minimum atomic E-state index is -0.409. The summed E-state index contributed by atoms with van der Waals surface area (Å²) in [6, 6.07) is 20.4. The Morgan fingerprint density at radius 2 is 1.52 bits per heavy atom. The van der Waals surface area contributed by atoms with Gasteiger partial charge in [0.05, 0.1) is 32.5 Å². The van der Waals surface area contributed by atoms with Gasteiger partial charge in [0.2, 0.25) is 0 Å². The molecule has 2 atom stereocenters. The molecule has 0 amide bonds. The van der Waals surface area contributed by atoms with Crippen molar-refractivity contribution in [1.82, 2.24) is 0 Å². The van der Waals surface area contributed by atoms with Gasteiger partial charge in [0, 0.05) is 5.41 Å². The van der Waals surface area contributed by atoms with Gasteiger partial charge in [0.1, 0.15) is 0 Å². The second-order valence-electron chi connectivity index (χ2n) is 7.64. The molecule has 0 radical (unpaired) electrons. The zero-order valence-electron chi connectivity index (χ0n) is 16.4. The van der Waals surface area contributed by atoms with Crippen molar-refractivity contribution in [2.45, 2.75) is 46.0 Å². The van der Waals surface area contributed by atoms with Crippen LogP contribution < -0.4 is 0 Å². The van der Waals surface area contributed by atoms with E-state index in [2.05, 4.69) is 38.1 Å². The Balaban J connectivity index is 1.66. The summed E-state index contributed by atoms with van der Waals surface area (Å²) in [7, 11) is 0. The third-order valence-electron chi connectivity index (χ3n) is 5.68. The van der Waals surface area contributed by atoms with Crippen LogP contribution in [0.1, 0.15) is 37.8 Å². The first-order valence-corrected chi connectivity index (χ1v) is 9.70. The van der Waals surface area contributed by atoms with E-state index in [9.17, 15) is 5.11 Å². The van der Waals surface area contributed by atoms with Crippen LogP contribution >= 0.6 is 0 Å². The number of hydrogen-bond donors (Lipinski definition) is 1. The van der Waals surface area contributed by atoms with Gasteiger partial charge in [-0.1, -0.05) is 73.2 Å². The fourth-order valence-corrected chi connectivity index (χ4v) is 3.87. The standard InChI is InChI=1S/C24H30O3/c1-19-13-14-23(27-16-21-11-7-4-8-12-21)24(2,18-25)22(19)17-26-15-20-9-5-3-6-10-20/h3-12,23,25H,13-18H2,1-2H3/t23-,24-/m0/s1. The fourth-order valence-electron chi connectivity index (χ4n) is 3.87. The minimum Gasteiger partial charge on any atom is -0.395 e. The quantitative estimate of drug-likeness (QED) is 0.676. The number of allylic oxidation sites excluding steroid dienone is 1. The molecule has 0 heterocycles. The number of ether oxygens (including phenoxy) is 2. The Hall–Kier alpha value is -1.94. The lowest BCUT2D eigenvalue weighted by molar-refractivity contribution is -0.0644. The molecule has 0 bridgehead atoms. The number of aliphatic hydroxyl groups is 1. The molecule has 144 valence electrons. The zero-order chi connectivity index (χ0) is 19.1. The highest BCUT2D eigenvalue weighted by Crippen LogP contribution is 2.42. The van der Waals surface area contributed by atoms with Crippen molar-refractivity contribution in [3.05, 3.63) is 82.9 Å².